The van der Waals surface area contributed by atoms with Gasteiger partial charge >= 0.3 is 0 Å². The van der Waals surface area contributed by atoms with Gasteiger partial charge in [-0.3, -0.25) is 0 Å². The Morgan fingerprint density at radius 2 is 2.44 bits per heavy atom. The van der Waals surface area contributed by atoms with Gasteiger partial charge in [-0.05, 0) is 25.7 Å². The summed E-state index contributed by atoms with van der Waals surface area (Å²) in [7, 11) is 0. The summed E-state index contributed by atoms with van der Waals surface area (Å²) in [6.45, 7) is 1.95. The molecule has 2 nitrogen and oxygen atoms in total. The Labute approximate surface area is 55.7 Å². The lowest BCUT2D eigenvalue weighted by Gasteiger charge is -1.96. The van der Waals surface area contributed by atoms with Crippen molar-refractivity contribution in [1.82, 2.24) is 0 Å². The second-order valence-electron chi connectivity index (χ2n) is 2.93. The molecule has 1 rings (SSSR count). The molecular formula is C7H12N2. The highest BCUT2D eigenvalue weighted by atomic mass is 14.7. The molecule has 3 unspecified atom stereocenters. The van der Waals surface area contributed by atoms with Crippen molar-refractivity contribution in [3.8, 4) is 6.07 Å². The molecule has 50 valence electrons. The number of rotatable bonds is 2. The minimum absolute atomic E-state index is 0.198. The molecule has 0 aromatic carbocycles. The van der Waals surface area contributed by atoms with E-state index in [-0.39, 0.29) is 5.92 Å². The molecule has 0 saturated heterocycles. The SMILES string of the molecule is CC(C#N)CC1CC1N. The van der Waals surface area contributed by atoms with Gasteiger partial charge in [0, 0.05) is 12.0 Å². The summed E-state index contributed by atoms with van der Waals surface area (Å²) in [5.74, 6) is 0.850. The summed E-state index contributed by atoms with van der Waals surface area (Å²) in [5.41, 5.74) is 5.56. The van der Waals surface area contributed by atoms with Crippen LogP contribution in [-0.4, -0.2) is 6.04 Å². The van der Waals surface area contributed by atoms with Gasteiger partial charge in [0.25, 0.3) is 0 Å². The van der Waals surface area contributed by atoms with Crippen LogP contribution in [-0.2, 0) is 0 Å². The first kappa shape index (κ1) is 6.57. The fourth-order valence-corrected chi connectivity index (χ4v) is 1.05. The van der Waals surface area contributed by atoms with E-state index in [2.05, 4.69) is 6.07 Å². The molecule has 1 fully saturated rings. The van der Waals surface area contributed by atoms with Crippen LogP contribution in [0.2, 0.25) is 0 Å². The number of nitrogens with zero attached hydrogens (tertiary/aromatic N) is 1. The monoisotopic (exact) mass is 124 g/mol. The molecule has 2 N–H and O–H groups in total. The minimum atomic E-state index is 0.198. The Morgan fingerprint density at radius 3 is 2.78 bits per heavy atom. The molecule has 0 bridgehead atoms. The Bertz CT molecular complexity index is 136. The third-order valence-corrected chi connectivity index (χ3v) is 1.85. The molecule has 9 heavy (non-hydrogen) atoms. The van der Waals surface area contributed by atoms with Gasteiger partial charge in [0.15, 0.2) is 0 Å². The Hall–Kier alpha value is -0.550. The lowest BCUT2D eigenvalue weighted by molar-refractivity contribution is 0.588. The fraction of sp³-hybridized carbons (Fsp3) is 0.857. The van der Waals surface area contributed by atoms with E-state index < -0.39 is 0 Å². The van der Waals surface area contributed by atoms with Crippen LogP contribution in [0.15, 0.2) is 0 Å². The Kier molecular flexibility index (Phi) is 1.73. The van der Waals surface area contributed by atoms with E-state index in [0.717, 1.165) is 12.8 Å². The first-order valence-electron chi connectivity index (χ1n) is 3.39. The molecule has 0 radical (unpaired) electrons. The molecule has 1 saturated carbocycles. The van der Waals surface area contributed by atoms with Gasteiger partial charge in [0.1, 0.15) is 0 Å². The molecule has 0 spiro atoms. The largest absolute Gasteiger partial charge is 0.327 e. The van der Waals surface area contributed by atoms with Gasteiger partial charge in [-0.25, -0.2) is 0 Å². The number of hydrogen-bond donors (Lipinski definition) is 1. The van der Waals surface area contributed by atoms with Crippen molar-refractivity contribution in [3.63, 3.8) is 0 Å². The molecule has 3 atom stereocenters. The summed E-state index contributed by atoms with van der Waals surface area (Å²) < 4.78 is 0. The zero-order valence-corrected chi connectivity index (χ0v) is 5.67. The van der Waals surface area contributed by atoms with E-state index >= 15 is 0 Å². The molecule has 1 aliphatic rings. The molecule has 1 aliphatic carbocycles. The van der Waals surface area contributed by atoms with Crippen LogP contribution in [0.4, 0.5) is 0 Å². The van der Waals surface area contributed by atoms with Gasteiger partial charge in [-0.15, -0.1) is 0 Å². The average Bonchev–Trinajstić information content (AvgIpc) is 2.47. The number of nitrogens with two attached hydrogens (primary N) is 1. The maximum atomic E-state index is 8.41. The summed E-state index contributed by atoms with van der Waals surface area (Å²) in [6, 6.07) is 2.60. The van der Waals surface area contributed by atoms with E-state index in [1.807, 2.05) is 6.92 Å². The van der Waals surface area contributed by atoms with Crippen molar-refractivity contribution in [2.45, 2.75) is 25.8 Å². The van der Waals surface area contributed by atoms with Crippen LogP contribution < -0.4 is 5.73 Å². The van der Waals surface area contributed by atoms with Crippen molar-refractivity contribution in [3.05, 3.63) is 0 Å². The van der Waals surface area contributed by atoms with Crippen molar-refractivity contribution < 1.29 is 0 Å². The van der Waals surface area contributed by atoms with Gasteiger partial charge in [-0.1, -0.05) is 0 Å². The van der Waals surface area contributed by atoms with E-state index in [9.17, 15) is 0 Å². The van der Waals surface area contributed by atoms with Crippen LogP contribution in [0.5, 0.6) is 0 Å². The molecule has 0 aliphatic heterocycles. The number of nitriles is 1. The fourth-order valence-electron chi connectivity index (χ4n) is 1.05. The second-order valence-corrected chi connectivity index (χ2v) is 2.93. The highest BCUT2D eigenvalue weighted by Gasteiger charge is 2.33. The molecular weight excluding hydrogens is 112 g/mol. The molecule has 0 amide bonds. The Balaban J connectivity index is 2.14. The second kappa shape index (κ2) is 2.36. The predicted octanol–water partition coefficient (Wildman–Crippen LogP) is 0.883. The minimum Gasteiger partial charge on any atom is -0.327 e. The quantitative estimate of drug-likeness (QED) is 0.594. The zero-order chi connectivity index (χ0) is 6.85. The summed E-state index contributed by atoms with van der Waals surface area (Å²) in [4.78, 5) is 0. The average molecular weight is 124 g/mol. The lowest BCUT2D eigenvalue weighted by atomic mass is 10.1. The summed E-state index contributed by atoms with van der Waals surface area (Å²) in [6.07, 6.45) is 2.13. The van der Waals surface area contributed by atoms with Crippen LogP contribution in [0.3, 0.4) is 0 Å². The van der Waals surface area contributed by atoms with Crippen molar-refractivity contribution in [2.24, 2.45) is 17.6 Å². The van der Waals surface area contributed by atoms with Gasteiger partial charge < -0.3 is 5.73 Å². The topological polar surface area (TPSA) is 49.8 Å². The van der Waals surface area contributed by atoms with Gasteiger partial charge in [0.05, 0.1) is 6.07 Å². The zero-order valence-electron chi connectivity index (χ0n) is 5.67. The molecule has 2 heteroatoms. The van der Waals surface area contributed by atoms with E-state index in [0.29, 0.717) is 12.0 Å². The van der Waals surface area contributed by atoms with E-state index in [4.69, 9.17) is 11.0 Å². The van der Waals surface area contributed by atoms with Crippen molar-refractivity contribution in [2.75, 3.05) is 0 Å². The highest BCUT2D eigenvalue weighted by Crippen LogP contribution is 2.33. The third-order valence-electron chi connectivity index (χ3n) is 1.85. The van der Waals surface area contributed by atoms with Crippen LogP contribution in [0, 0.1) is 23.2 Å². The highest BCUT2D eigenvalue weighted by molar-refractivity contribution is 4.94. The third kappa shape index (κ3) is 1.69. The summed E-state index contributed by atoms with van der Waals surface area (Å²) in [5, 5.41) is 8.41. The standard InChI is InChI=1S/C7H12N2/c1-5(4-8)2-6-3-7(6)9/h5-7H,2-3,9H2,1H3. The van der Waals surface area contributed by atoms with Gasteiger partial charge in [0.2, 0.25) is 0 Å². The Morgan fingerprint density at radius 1 is 1.89 bits per heavy atom. The van der Waals surface area contributed by atoms with Crippen LogP contribution >= 0.6 is 0 Å². The number of hydrogen-bond acceptors (Lipinski definition) is 2. The van der Waals surface area contributed by atoms with Crippen molar-refractivity contribution >= 4 is 0 Å². The van der Waals surface area contributed by atoms with Crippen LogP contribution in [0.25, 0.3) is 0 Å². The van der Waals surface area contributed by atoms with E-state index in [1.165, 1.54) is 0 Å². The predicted molar refractivity (Wildman–Crippen MR) is 35.5 cm³/mol. The molecule has 0 aromatic heterocycles. The first-order chi connectivity index (χ1) is 4.24. The summed E-state index contributed by atoms with van der Waals surface area (Å²) >= 11 is 0. The maximum Gasteiger partial charge on any atom is 0.0652 e. The normalized spacial score (nSPS) is 35.2. The molecule has 0 heterocycles. The molecule has 0 aromatic rings. The smallest absolute Gasteiger partial charge is 0.0652 e. The maximum absolute atomic E-state index is 8.41. The van der Waals surface area contributed by atoms with Crippen molar-refractivity contribution in [1.29, 1.82) is 5.26 Å². The van der Waals surface area contributed by atoms with Crippen LogP contribution in [0.1, 0.15) is 19.8 Å². The van der Waals surface area contributed by atoms with Gasteiger partial charge in [-0.2, -0.15) is 5.26 Å². The van der Waals surface area contributed by atoms with E-state index in [1.54, 1.807) is 0 Å². The lowest BCUT2D eigenvalue weighted by Crippen LogP contribution is -2.03. The first-order valence-corrected chi connectivity index (χ1v) is 3.39.